The van der Waals surface area contributed by atoms with Crippen LogP contribution in [-0.2, 0) is 0 Å². The van der Waals surface area contributed by atoms with Crippen molar-refractivity contribution < 1.29 is 14.6 Å². The molecule has 1 unspecified atom stereocenters. The van der Waals surface area contributed by atoms with Gasteiger partial charge in [-0.3, -0.25) is 0 Å². The van der Waals surface area contributed by atoms with Gasteiger partial charge >= 0.3 is 0 Å². The fourth-order valence-corrected chi connectivity index (χ4v) is 0.789. The van der Waals surface area contributed by atoms with Crippen LogP contribution in [0.1, 0.15) is 11.7 Å². The van der Waals surface area contributed by atoms with Crippen molar-refractivity contribution in [3.05, 3.63) is 29.8 Å². The Morgan fingerprint density at radius 3 is 2.27 bits per heavy atom. The van der Waals surface area contributed by atoms with Gasteiger partial charge in [0, 0.05) is 0 Å². The first-order valence-electron chi connectivity index (χ1n) is 3.28. The van der Waals surface area contributed by atoms with E-state index in [9.17, 15) is 4.39 Å². The number of aromatic hydroxyl groups is 1. The van der Waals surface area contributed by atoms with E-state index in [-0.39, 0.29) is 5.75 Å². The number of phenolic OH excluding ortho intramolecular Hbond substituents is 1. The molecule has 1 aromatic carbocycles. The van der Waals surface area contributed by atoms with Gasteiger partial charge in [0.2, 0.25) is 0 Å². The minimum absolute atomic E-state index is 0.0962. The Morgan fingerprint density at radius 1 is 1.27 bits per heavy atom. The van der Waals surface area contributed by atoms with Crippen LogP contribution in [0.15, 0.2) is 24.3 Å². The Bertz CT molecular complexity index is 220. The van der Waals surface area contributed by atoms with Crippen LogP contribution in [0.2, 0.25) is 0 Å². The zero-order valence-corrected chi connectivity index (χ0v) is 5.87. The number of halogens is 1. The SMILES string of the molecule is OCC(F)c1ccc(O)cc1. The van der Waals surface area contributed by atoms with Crippen molar-refractivity contribution >= 4 is 0 Å². The van der Waals surface area contributed by atoms with Gasteiger partial charge in [0.1, 0.15) is 11.9 Å². The molecule has 0 saturated heterocycles. The Kier molecular flexibility index (Phi) is 2.44. The largest absolute Gasteiger partial charge is 0.508 e. The minimum Gasteiger partial charge on any atom is -0.508 e. The minimum atomic E-state index is -1.35. The lowest BCUT2D eigenvalue weighted by Gasteiger charge is -2.03. The average Bonchev–Trinajstić information content (AvgIpc) is 2.05. The van der Waals surface area contributed by atoms with Gasteiger partial charge in [-0.05, 0) is 17.7 Å². The van der Waals surface area contributed by atoms with E-state index in [1.54, 1.807) is 0 Å². The average molecular weight is 156 g/mol. The normalized spacial score (nSPS) is 12.9. The van der Waals surface area contributed by atoms with Crippen LogP contribution in [0.25, 0.3) is 0 Å². The fourth-order valence-electron chi connectivity index (χ4n) is 0.789. The number of hydrogen-bond donors (Lipinski definition) is 2. The predicted octanol–water partition coefficient (Wildman–Crippen LogP) is 1.40. The molecule has 0 bridgehead atoms. The summed E-state index contributed by atoms with van der Waals surface area (Å²) in [6, 6.07) is 5.65. The highest BCUT2D eigenvalue weighted by Gasteiger charge is 2.06. The summed E-state index contributed by atoms with van der Waals surface area (Å²) in [5, 5.41) is 17.2. The zero-order valence-electron chi connectivity index (χ0n) is 5.87. The molecule has 1 rings (SSSR count). The Hall–Kier alpha value is -1.09. The predicted molar refractivity (Wildman–Crippen MR) is 39.0 cm³/mol. The summed E-state index contributed by atoms with van der Waals surface area (Å²) in [5.74, 6) is 0.0962. The molecular formula is C8H9FO2. The van der Waals surface area contributed by atoms with Crippen LogP contribution < -0.4 is 0 Å². The second-order valence-corrected chi connectivity index (χ2v) is 2.24. The Morgan fingerprint density at radius 2 is 1.82 bits per heavy atom. The number of rotatable bonds is 2. The molecule has 3 heteroatoms. The molecule has 0 aliphatic carbocycles. The molecule has 0 amide bonds. The van der Waals surface area contributed by atoms with E-state index in [4.69, 9.17) is 10.2 Å². The van der Waals surface area contributed by atoms with Crippen molar-refractivity contribution in [3.8, 4) is 5.75 Å². The maximum atomic E-state index is 12.7. The molecule has 0 radical (unpaired) electrons. The number of alkyl halides is 1. The molecule has 11 heavy (non-hydrogen) atoms. The van der Waals surface area contributed by atoms with Crippen molar-refractivity contribution in [2.45, 2.75) is 6.17 Å². The van der Waals surface area contributed by atoms with Crippen LogP contribution in [0, 0.1) is 0 Å². The van der Waals surface area contributed by atoms with E-state index >= 15 is 0 Å². The van der Waals surface area contributed by atoms with Crippen molar-refractivity contribution in [2.75, 3.05) is 6.61 Å². The zero-order chi connectivity index (χ0) is 8.27. The third-order valence-corrected chi connectivity index (χ3v) is 1.42. The summed E-state index contributed by atoms with van der Waals surface area (Å²) < 4.78 is 12.7. The highest BCUT2D eigenvalue weighted by Crippen LogP contribution is 2.18. The molecule has 1 aromatic rings. The highest BCUT2D eigenvalue weighted by molar-refractivity contribution is 5.27. The monoisotopic (exact) mass is 156 g/mol. The van der Waals surface area contributed by atoms with Crippen LogP contribution >= 0.6 is 0 Å². The Balaban J connectivity index is 2.81. The molecule has 0 fully saturated rings. The molecule has 1 atom stereocenters. The molecule has 2 nitrogen and oxygen atoms in total. The van der Waals surface area contributed by atoms with Crippen molar-refractivity contribution in [1.82, 2.24) is 0 Å². The third kappa shape index (κ3) is 1.91. The summed E-state index contributed by atoms with van der Waals surface area (Å²) in [7, 11) is 0. The molecule has 2 N–H and O–H groups in total. The lowest BCUT2D eigenvalue weighted by molar-refractivity contribution is 0.180. The van der Waals surface area contributed by atoms with Gasteiger partial charge in [-0.2, -0.15) is 0 Å². The van der Waals surface area contributed by atoms with Crippen LogP contribution in [0.4, 0.5) is 4.39 Å². The van der Waals surface area contributed by atoms with E-state index in [1.165, 1.54) is 24.3 Å². The maximum Gasteiger partial charge on any atom is 0.148 e. The van der Waals surface area contributed by atoms with Gasteiger partial charge in [-0.1, -0.05) is 12.1 Å². The highest BCUT2D eigenvalue weighted by atomic mass is 19.1. The first-order chi connectivity index (χ1) is 5.24. The molecule has 60 valence electrons. The van der Waals surface area contributed by atoms with Crippen LogP contribution in [0.3, 0.4) is 0 Å². The Labute approximate surface area is 63.9 Å². The molecule has 0 aromatic heterocycles. The van der Waals surface area contributed by atoms with Crippen molar-refractivity contribution in [1.29, 1.82) is 0 Å². The van der Waals surface area contributed by atoms with E-state index in [1.807, 2.05) is 0 Å². The standard InChI is InChI=1S/C8H9FO2/c9-8(5-10)6-1-3-7(11)4-2-6/h1-4,8,10-11H,5H2. The summed E-state index contributed by atoms with van der Waals surface area (Å²) in [5.41, 5.74) is 0.380. The van der Waals surface area contributed by atoms with Gasteiger partial charge in [0.05, 0.1) is 6.61 Å². The lowest BCUT2D eigenvalue weighted by atomic mass is 10.1. The van der Waals surface area contributed by atoms with Gasteiger partial charge in [0.15, 0.2) is 0 Å². The molecule has 0 heterocycles. The molecule has 0 saturated carbocycles. The van der Waals surface area contributed by atoms with E-state index < -0.39 is 12.8 Å². The fraction of sp³-hybridized carbons (Fsp3) is 0.250. The van der Waals surface area contributed by atoms with Gasteiger partial charge in [-0.25, -0.2) is 4.39 Å². The second kappa shape index (κ2) is 3.34. The molecule has 0 aliphatic heterocycles. The van der Waals surface area contributed by atoms with Crippen LogP contribution in [0.5, 0.6) is 5.75 Å². The number of phenols is 1. The van der Waals surface area contributed by atoms with E-state index in [0.29, 0.717) is 5.56 Å². The summed E-state index contributed by atoms with van der Waals surface area (Å²) in [6.07, 6.45) is -1.35. The van der Waals surface area contributed by atoms with Gasteiger partial charge < -0.3 is 10.2 Å². The lowest BCUT2D eigenvalue weighted by Crippen LogP contribution is -1.95. The summed E-state index contributed by atoms with van der Waals surface area (Å²) in [6.45, 7) is -0.523. The number of benzene rings is 1. The third-order valence-electron chi connectivity index (χ3n) is 1.42. The summed E-state index contributed by atoms with van der Waals surface area (Å²) in [4.78, 5) is 0. The quantitative estimate of drug-likeness (QED) is 0.679. The smallest absolute Gasteiger partial charge is 0.148 e. The first kappa shape index (κ1) is 8.01. The second-order valence-electron chi connectivity index (χ2n) is 2.24. The summed E-state index contributed by atoms with van der Waals surface area (Å²) >= 11 is 0. The van der Waals surface area contributed by atoms with Gasteiger partial charge in [-0.15, -0.1) is 0 Å². The molecular weight excluding hydrogens is 147 g/mol. The first-order valence-corrected chi connectivity index (χ1v) is 3.28. The number of aliphatic hydroxyl groups excluding tert-OH is 1. The van der Waals surface area contributed by atoms with Crippen molar-refractivity contribution in [2.24, 2.45) is 0 Å². The van der Waals surface area contributed by atoms with E-state index in [0.717, 1.165) is 0 Å². The topological polar surface area (TPSA) is 40.5 Å². The van der Waals surface area contributed by atoms with Crippen LogP contribution in [-0.4, -0.2) is 16.8 Å². The van der Waals surface area contributed by atoms with E-state index in [2.05, 4.69) is 0 Å². The maximum absolute atomic E-state index is 12.7. The van der Waals surface area contributed by atoms with Gasteiger partial charge in [0.25, 0.3) is 0 Å². The van der Waals surface area contributed by atoms with Crippen molar-refractivity contribution in [3.63, 3.8) is 0 Å². The number of aliphatic hydroxyl groups is 1. The molecule has 0 spiro atoms. The molecule has 0 aliphatic rings. The number of hydrogen-bond acceptors (Lipinski definition) is 2.